The van der Waals surface area contributed by atoms with Gasteiger partial charge in [0.15, 0.2) is 11.6 Å². The molecule has 7 nitrogen and oxygen atoms in total. The zero-order valence-corrected chi connectivity index (χ0v) is 19.4. The summed E-state index contributed by atoms with van der Waals surface area (Å²) in [6.45, 7) is 5.85. The highest BCUT2D eigenvalue weighted by atomic mass is 16.1. The van der Waals surface area contributed by atoms with E-state index in [0.29, 0.717) is 29.3 Å². The molecule has 0 aliphatic heterocycles. The highest BCUT2D eigenvalue weighted by Gasteiger charge is 2.15. The number of benzene rings is 1. The Morgan fingerprint density at radius 1 is 0.941 bits per heavy atom. The van der Waals surface area contributed by atoms with Gasteiger partial charge in [-0.25, -0.2) is 14.5 Å². The van der Waals surface area contributed by atoms with E-state index in [0.717, 1.165) is 16.9 Å². The van der Waals surface area contributed by atoms with Gasteiger partial charge in [0, 0.05) is 42.0 Å². The van der Waals surface area contributed by atoms with Crippen LogP contribution < -0.4 is 5.32 Å². The van der Waals surface area contributed by atoms with E-state index in [1.165, 1.54) is 5.56 Å². The second-order valence-corrected chi connectivity index (χ2v) is 7.80. The van der Waals surface area contributed by atoms with Crippen molar-refractivity contribution < 1.29 is 4.79 Å². The van der Waals surface area contributed by atoms with Crippen LogP contribution in [0, 0.1) is 13.8 Å². The minimum absolute atomic E-state index is 0.0607. The molecule has 7 heteroatoms. The second kappa shape index (κ2) is 10.5. The lowest BCUT2D eigenvalue weighted by Crippen LogP contribution is -2.04. The molecule has 0 saturated carbocycles. The number of hydrogen-bond acceptors (Lipinski definition) is 6. The Kier molecular flexibility index (Phi) is 7.03. The molecule has 34 heavy (non-hydrogen) atoms. The maximum absolute atomic E-state index is 12.1. The SMILES string of the molecule is CCC(=O)c1cc2c(Nc3ccncc3)nc(-c3cccc(C)n3)nn2c1.Cc1ccccc1. The van der Waals surface area contributed by atoms with E-state index in [2.05, 4.69) is 44.4 Å². The third kappa shape index (κ3) is 5.50. The number of anilines is 2. The number of aromatic nitrogens is 5. The lowest BCUT2D eigenvalue weighted by Gasteiger charge is -2.09. The van der Waals surface area contributed by atoms with Crippen LogP contribution in [0.5, 0.6) is 0 Å². The molecule has 0 saturated heterocycles. The average Bonchev–Trinajstić information content (AvgIpc) is 3.30. The van der Waals surface area contributed by atoms with Crippen molar-refractivity contribution in [2.75, 3.05) is 5.32 Å². The van der Waals surface area contributed by atoms with Crippen molar-refractivity contribution in [3.63, 3.8) is 0 Å². The van der Waals surface area contributed by atoms with Crippen LogP contribution in [0.4, 0.5) is 11.5 Å². The summed E-state index contributed by atoms with van der Waals surface area (Å²) in [5, 5.41) is 7.86. The van der Waals surface area contributed by atoms with Crippen LogP contribution in [0.3, 0.4) is 0 Å². The number of hydrogen-bond donors (Lipinski definition) is 1. The van der Waals surface area contributed by atoms with Gasteiger partial charge in [-0.15, -0.1) is 5.10 Å². The Hall–Kier alpha value is -4.39. The molecule has 0 amide bonds. The zero-order chi connectivity index (χ0) is 23.9. The first-order valence-corrected chi connectivity index (χ1v) is 11.1. The van der Waals surface area contributed by atoms with Gasteiger partial charge in [0.2, 0.25) is 5.82 Å². The normalized spacial score (nSPS) is 10.4. The fourth-order valence-electron chi connectivity index (χ4n) is 3.33. The van der Waals surface area contributed by atoms with E-state index >= 15 is 0 Å². The standard InChI is InChI=1S/C20H18N6O.C7H8/c1-3-18(27)14-11-17-20(23-15-7-9-21-10-8-15)24-19(25-26(17)12-14)16-6-4-5-13(2)22-16;1-7-5-3-2-4-6-7/h4-12H,3H2,1-2H3,(H,21,23,24,25);2-6H,1H3. The van der Waals surface area contributed by atoms with Crippen molar-refractivity contribution in [3.05, 3.63) is 102 Å². The first-order valence-electron chi connectivity index (χ1n) is 11.1. The minimum Gasteiger partial charge on any atom is -0.338 e. The lowest BCUT2D eigenvalue weighted by molar-refractivity contribution is 0.0988. The number of pyridine rings is 2. The number of carbonyl (C=O) groups excluding carboxylic acids is 1. The molecule has 1 aromatic carbocycles. The molecule has 0 aliphatic rings. The lowest BCUT2D eigenvalue weighted by atomic mass is 10.2. The maximum atomic E-state index is 12.1. The highest BCUT2D eigenvalue weighted by molar-refractivity contribution is 5.98. The van der Waals surface area contributed by atoms with E-state index < -0.39 is 0 Å². The number of nitrogens with one attached hydrogen (secondary N) is 1. The molecule has 1 N–H and O–H groups in total. The van der Waals surface area contributed by atoms with Crippen molar-refractivity contribution >= 4 is 22.8 Å². The summed E-state index contributed by atoms with van der Waals surface area (Å²) in [4.78, 5) is 25.4. The van der Waals surface area contributed by atoms with Crippen LogP contribution >= 0.6 is 0 Å². The van der Waals surface area contributed by atoms with E-state index in [1.807, 2.05) is 68.4 Å². The van der Waals surface area contributed by atoms with Crippen LogP contribution in [0.1, 0.15) is 35.0 Å². The molecule has 0 fully saturated rings. The molecule has 0 radical (unpaired) electrons. The van der Waals surface area contributed by atoms with Crippen molar-refractivity contribution in [1.82, 2.24) is 24.6 Å². The number of nitrogens with zero attached hydrogens (tertiary/aromatic N) is 5. The third-order valence-electron chi connectivity index (χ3n) is 5.11. The Morgan fingerprint density at radius 3 is 2.35 bits per heavy atom. The summed E-state index contributed by atoms with van der Waals surface area (Å²) in [7, 11) is 0. The van der Waals surface area contributed by atoms with Crippen LogP contribution in [0.15, 0.2) is 85.3 Å². The van der Waals surface area contributed by atoms with E-state index in [4.69, 9.17) is 0 Å². The Labute approximate surface area is 198 Å². The summed E-state index contributed by atoms with van der Waals surface area (Å²) in [6, 6.07) is 21.5. The summed E-state index contributed by atoms with van der Waals surface area (Å²) in [5.41, 5.74) is 5.06. The maximum Gasteiger partial charge on any atom is 0.200 e. The van der Waals surface area contributed by atoms with E-state index in [-0.39, 0.29) is 5.78 Å². The van der Waals surface area contributed by atoms with Gasteiger partial charge in [0.1, 0.15) is 11.2 Å². The average molecular weight is 451 g/mol. The zero-order valence-electron chi connectivity index (χ0n) is 19.4. The molecule has 5 aromatic rings. The topological polar surface area (TPSA) is 85.1 Å². The van der Waals surface area contributed by atoms with Gasteiger partial charge >= 0.3 is 0 Å². The number of ketones is 1. The van der Waals surface area contributed by atoms with Crippen LogP contribution in [-0.4, -0.2) is 30.3 Å². The van der Waals surface area contributed by atoms with Gasteiger partial charge in [0.05, 0.1) is 0 Å². The summed E-state index contributed by atoms with van der Waals surface area (Å²) < 4.78 is 1.68. The molecular weight excluding hydrogens is 424 g/mol. The predicted octanol–water partition coefficient (Wildman–Crippen LogP) is 5.83. The molecule has 0 spiro atoms. The smallest absolute Gasteiger partial charge is 0.200 e. The number of fused-ring (bicyclic) bond motifs is 1. The van der Waals surface area contributed by atoms with Crippen molar-refractivity contribution in [2.45, 2.75) is 27.2 Å². The summed E-state index contributed by atoms with van der Waals surface area (Å²) in [6.07, 6.45) is 5.57. The Balaban J connectivity index is 0.000000336. The molecule has 5 rings (SSSR count). The molecule has 4 aromatic heterocycles. The highest BCUT2D eigenvalue weighted by Crippen LogP contribution is 2.24. The molecule has 0 unspecified atom stereocenters. The Bertz CT molecular complexity index is 1400. The van der Waals surface area contributed by atoms with E-state index in [9.17, 15) is 4.79 Å². The van der Waals surface area contributed by atoms with Crippen LogP contribution in [0.2, 0.25) is 0 Å². The molecule has 0 aliphatic carbocycles. The molecule has 0 bridgehead atoms. The first-order chi connectivity index (χ1) is 16.5. The number of Topliss-reactive ketones (excluding diaryl/α,β-unsaturated/α-hetero) is 1. The fourth-order valence-corrected chi connectivity index (χ4v) is 3.33. The second-order valence-electron chi connectivity index (χ2n) is 7.80. The van der Waals surface area contributed by atoms with Gasteiger partial charge in [-0.2, -0.15) is 0 Å². The molecule has 170 valence electrons. The third-order valence-corrected chi connectivity index (χ3v) is 5.11. The predicted molar refractivity (Wildman–Crippen MR) is 134 cm³/mol. The number of carbonyl (C=O) groups is 1. The van der Waals surface area contributed by atoms with Crippen LogP contribution in [0.25, 0.3) is 17.0 Å². The first kappa shape index (κ1) is 22.8. The largest absolute Gasteiger partial charge is 0.338 e. The number of aryl methyl sites for hydroxylation is 2. The fraction of sp³-hybridized carbons (Fsp3) is 0.148. The number of rotatable bonds is 5. The monoisotopic (exact) mass is 450 g/mol. The Morgan fingerprint density at radius 2 is 1.71 bits per heavy atom. The van der Waals surface area contributed by atoms with Gasteiger partial charge in [-0.3, -0.25) is 9.78 Å². The summed E-state index contributed by atoms with van der Waals surface area (Å²) >= 11 is 0. The van der Waals surface area contributed by atoms with Gasteiger partial charge in [-0.1, -0.05) is 48.9 Å². The van der Waals surface area contributed by atoms with Gasteiger partial charge in [-0.05, 0) is 44.2 Å². The van der Waals surface area contributed by atoms with Crippen molar-refractivity contribution in [1.29, 1.82) is 0 Å². The molecule has 0 atom stereocenters. The summed E-state index contributed by atoms with van der Waals surface area (Å²) in [5.74, 6) is 1.14. The van der Waals surface area contributed by atoms with Crippen molar-refractivity contribution in [2.24, 2.45) is 0 Å². The molecular formula is C27H26N6O. The quantitative estimate of drug-likeness (QED) is 0.339. The van der Waals surface area contributed by atoms with Gasteiger partial charge < -0.3 is 5.32 Å². The minimum atomic E-state index is 0.0607. The van der Waals surface area contributed by atoms with Crippen molar-refractivity contribution in [3.8, 4) is 11.5 Å². The molecule has 4 heterocycles. The van der Waals surface area contributed by atoms with E-state index in [1.54, 1.807) is 23.1 Å². The van der Waals surface area contributed by atoms with Gasteiger partial charge in [0.25, 0.3) is 0 Å². The van der Waals surface area contributed by atoms with Crippen LogP contribution in [-0.2, 0) is 0 Å².